The van der Waals surface area contributed by atoms with E-state index >= 15 is 0 Å². The lowest BCUT2D eigenvalue weighted by atomic mass is 10.1. The lowest BCUT2D eigenvalue weighted by molar-refractivity contribution is 0.0918. The number of aromatic nitrogens is 1. The molecule has 1 aliphatic heterocycles. The minimum atomic E-state index is -0.200. The quantitative estimate of drug-likeness (QED) is 0.673. The van der Waals surface area contributed by atoms with Crippen LogP contribution >= 0.6 is 0 Å². The molecular weight excluding hydrogens is 318 g/mol. The van der Waals surface area contributed by atoms with E-state index in [0.717, 1.165) is 49.7 Å². The van der Waals surface area contributed by atoms with E-state index in [1.165, 1.54) is 0 Å². The predicted octanol–water partition coefficient (Wildman–Crippen LogP) is 2.26. The van der Waals surface area contributed by atoms with Crippen molar-refractivity contribution in [3.8, 4) is 5.75 Å². The van der Waals surface area contributed by atoms with E-state index in [1.54, 1.807) is 7.11 Å². The van der Waals surface area contributed by atoms with Crippen LogP contribution in [0, 0.1) is 0 Å². The van der Waals surface area contributed by atoms with Gasteiger partial charge in [-0.2, -0.15) is 0 Å². The first-order valence-corrected chi connectivity index (χ1v) is 9.03. The van der Waals surface area contributed by atoms with Crippen LogP contribution in [0.2, 0.25) is 0 Å². The molecule has 0 spiro atoms. The molecule has 0 radical (unpaired) electrons. The maximum absolute atomic E-state index is 12.9. The van der Waals surface area contributed by atoms with Crippen LogP contribution in [0.3, 0.4) is 0 Å². The number of benzene rings is 1. The number of nitrogens with zero attached hydrogens (tertiary/aromatic N) is 1. The zero-order valence-electron chi connectivity index (χ0n) is 14.8. The molecule has 0 unspecified atom stereocenters. The zero-order chi connectivity index (χ0) is 17.6. The molecule has 1 amide bonds. The molecule has 3 rings (SSSR count). The summed E-state index contributed by atoms with van der Waals surface area (Å²) in [7, 11) is 1.69. The number of ether oxygens (including phenoxy) is 1. The summed E-state index contributed by atoms with van der Waals surface area (Å²) in [6, 6.07) is 7.73. The van der Waals surface area contributed by atoms with Crippen molar-refractivity contribution in [3.63, 3.8) is 0 Å². The summed E-state index contributed by atoms with van der Waals surface area (Å²) in [5.41, 5.74) is 1.26. The maximum Gasteiger partial charge on any atom is 0.272 e. The monoisotopic (exact) mass is 345 g/mol. The lowest BCUT2D eigenvalue weighted by Crippen LogP contribution is -2.46. The Morgan fingerprint density at radius 3 is 3.00 bits per heavy atom. The first kappa shape index (κ1) is 17.8. The molecule has 2 heterocycles. The highest BCUT2D eigenvalue weighted by atomic mass is 16.5. The third kappa shape index (κ3) is 3.96. The molecule has 1 aromatic heterocycles. The standard InChI is InChI=1S/C19H27N3O3/c1-25-12-5-4-11-22-16-9-3-2-8-15(16)18(23)17(22)19(24)21-14-7-6-10-20-13-14/h2-3,8-9,14,20,23H,4-7,10-13H2,1H3,(H,21,24)/t14-/m1/s1. The first-order valence-electron chi connectivity index (χ1n) is 9.03. The summed E-state index contributed by atoms with van der Waals surface area (Å²) >= 11 is 0. The number of piperidine rings is 1. The number of amides is 1. The number of para-hydroxylation sites is 1. The predicted molar refractivity (Wildman–Crippen MR) is 98.1 cm³/mol. The number of unbranched alkanes of at least 4 members (excludes halogenated alkanes) is 1. The Balaban J connectivity index is 1.86. The summed E-state index contributed by atoms with van der Waals surface area (Å²) in [4.78, 5) is 12.9. The summed E-state index contributed by atoms with van der Waals surface area (Å²) < 4.78 is 7.04. The number of nitrogens with one attached hydrogen (secondary N) is 2. The minimum absolute atomic E-state index is 0.0728. The van der Waals surface area contributed by atoms with Gasteiger partial charge >= 0.3 is 0 Å². The van der Waals surface area contributed by atoms with Gasteiger partial charge in [-0.25, -0.2) is 0 Å². The van der Waals surface area contributed by atoms with Gasteiger partial charge in [0.05, 0.1) is 5.52 Å². The second kappa shape index (κ2) is 8.36. The average Bonchev–Trinajstić information content (AvgIpc) is 2.92. The number of aromatic hydroxyl groups is 1. The van der Waals surface area contributed by atoms with Crippen molar-refractivity contribution in [1.82, 2.24) is 15.2 Å². The van der Waals surface area contributed by atoms with Gasteiger partial charge in [-0.15, -0.1) is 0 Å². The molecule has 1 fully saturated rings. The van der Waals surface area contributed by atoms with Crippen LogP contribution in [0.4, 0.5) is 0 Å². The first-order chi connectivity index (χ1) is 12.2. The van der Waals surface area contributed by atoms with Crippen molar-refractivity contribution in [3.05, 3.63) is 30.0 Å². The molecule has 1 saturated heterocycles. The Bertz CT molecular complexity index is 720. The van der Waals surface area contributed by atoms with Gasteiger partial charge in [-0.3, -0.25) is 4.79 Å². The van der Waals surface area contributed by atoms with Crippen LogP contribution in [-0.4, -0.2) is 48.4 Å². The summed E-state index contributed by atoms with van der Waals surface area (Å²) in [5, 5.41) is 17.7. The smallest absolute Gasteiger partial charge is 0.272 e. The van der Waals surface area contributed by atoms with Crippen molar-refractivity contribution >= 4 is 16.8 Å². The Kier molecular flexibility index (Phi) is 5.94. The van der Waals surface area contributed by atoms with Gasteiger partial charge in [-0.05, 0) is 44.4 Å². The van der Waals surface area contributed by atoms with Crippen LogP contribution in [-0.2, 0) is 11.3 Å². The number of hydrogen-bond acceptors (Lipinski definition) is 4. The molecule has 3 N–H and O–H groups in total. The van der Waals surface area contributed by atoms with Gasteiger partial charge in [0.15, 0.2) is 5.75 Å². The fourth-order valence-corrected chi connectivity index (χ4v) is 3.49. The molecule has 1 aliphatic rings. The Labute approximate surface area is 148 Å². The molecule has 6 nitrogen and oxygen atoms in total. The lowest BCUT2D eigenvalue weighted by Gasteiger charge is -2.24. The molecule has 2 aromatic rings. The molecule has 1 aromatic carbocycles. The molecule has 1 atom stereocenters. The van der Waals surface area contributed by atoms with Crippen LogP contribution in [0.15, 0.2) is 24.3 Å². The Morgan fingerprint density at radius 2 is 2.24 bits per heavy atom. The Hall–Kier alpha value is -2.05. The SMILES string of the molecule is COCCCCn1c(C(=O)N[C@@H]2CCCNC2)c(O)c2ccccc21. The highest BCUT2D eigenvalue weighted by Crippen LogP contribution is 2.32. The van der Waals surface area contributed by atoms with Gasteiger partial charge in [0, 0.05) is 38.2 Å². The van der Waals surface area contributed by atoms with Crippen molar-refractivity contribution in [2.45, 2.75) is 38.3 Å². The van der Waals surface area contributed by atoms with Gasteiger partial charge < -0.3 is 25.0 Å². The number of fused-ring (bicyclic) bond motifs is 1. The van der Waals surface area contributed by atoms with Crippen molar-refractivity contribution < 1.29 is 14.6 Å². The largest absolute Gasteiger partial charge is 0.505 e. The number of aryl methyl sites for hydroxylation is 1. The van der Waals surface area contributed by atoms with Crippen molar-refractivity contribution in [2.24, 2.45) is 0 Å². The number of carbonyl (C=O) groups excluding carboxylic acids is 1. The topological polar surface area (TPSA) is 75.5 Å². The van der Waals surface area contributed by atoms with E-state index in [1.807, 2.05) is 28.8 Å². The normalized spacial score (nSPS) is 17.7. The van der Waals surface area contributed by atoms with Gasteiger partial charge in [0.25, 0.3) is 5.91 Å². The number of hydrogen-bond donors (Lipinski definition) is 3. The fourth-order valence-electron chi connectivity index (χ4n) is 3.49. The van der Waals surface area contributed by atoms with Crippen LogP contribution in [0.25, 0.3) is 10.9 Å². The molecule has 0 aliphatic carbocycles. The van der Waals surface area contributed by atoms with Crippen LogP contribution in [0.1, 0.15) is 36.2 Å². The molecule has 0 saturated carbocycles. The molecule has 136 valence electrons. The maximum atomic E-state index is 12.9. The van der Waals surface area contributed by atoms with Gasteiger partial charge in [-0.1, -0.05) is 12.1 Å². The second-order valence-corrected chi connectivity index (χ2v) is 6.58. The minimum Gasteiger partial charge on any atom is -0.505 e. The number of methoxy groups -OCH3 is 1. The summed E-state index contributed by atoms with van der Waals surface area (Å²) in [6.45, 7) is 3.15. The average molecular weight is 345 g/mol. The van der Waals surface area contributed by atoms with Crippen molar-refractivity contribution in [1.29, 1.82) is 0 Å². The molecule has 6 heteroatoms. The van der Waals surface area contributed by atoms with E-state index in [2.05, 4.69) is 10.6 Å². The van der Waals surface area contributed by atoms with E-state index in [9.17, 15) is 9.90 Å². The van der Waals surface area contributed by atoms with Gasteiger partial charge in [0.2, 0.25) is 0 Å². The molecular formula is C19H27N3O3. The van der Waals surface area contributed by atoms with Crippen LogP contribution in [0.5, 0.6) is 5.75 Å². The number of carbonyl (C=O) groups is 1. The third-order valence-electron chi connectivity index (χ3n) is 4.77. The molecule has 0 bridgehead atoms. The zero-order valence-corrected chi connectivity index (χ0v) is 14.8. The highest BCUT2D eigenvalue weighted by molar-refractivity contribution is 6.04. The summed E-state index contributed by atoms with van der Waals surface area (Å²) in [6.07, 6.45) is 3.82. The van der Waals surface area contributed by atoms with E-state index in [0.29, 0.717) is 18.8 Å². The Morgan fingerprint density at radius 1 is 1.40 bits per heavy atom. The highest BCUT2D eigenvalue weighted by Gasteiger charge is 2.24. The number of rotatable bonds is 7. The fraction of sp³-hybridized carbons (Fsp3) is 0.526. The van der Waals surface area contributed by atoms with E-state index in [4.69, 9.17) is 4.74 Å². The molecule has 25 heavy (non-hydrogen) atoms. The van der Waals surface area contributed by atoms with E-state index < -0.39 is 0 Å². The van der Waals surface area contributed by atoms with Crippen LogP contribution < -0.4 is 10.6 Å². The summed E-state index contributed by atoms with van der Waals surface area (Å²) in [5.74, 6) is -0.127. The van der Waals surface area contributed by atoms with Gasteiger partial charge in [0.1, 0.15) is 5.69 Å². The third-order valence-corrected chi connectivity index (χ3v) is 4.77. The second-order valence-electron chi connectivity index (χ2n) is 6.58. The van der Waals surface area contributed by atoms with Crippen molar-refractivity contribution in [2.75, 3.05) is 26.8 Å². The van der Waals surface area contributed by atoms with E-state index in [-0.39, 0.29) is 17.7 Å².